The standard InChI is InChI=1S/C25H31N5O6S/c1-33-14-15-37(31,32)30-10-13-35-21(17-30)18-36-25-24-23(26-6-7-27-24)16-22(28-25)19-2-4-20(5-3-19)29-8-11-34-12-9-29/h2-7,16,21H,8-15,17-18H2,1H3/t21-/m0/s1. The molecule has 0 spiro atoms. The molecule has 37 heavy (non-hydrogen) atoms. The van der Waals surface area contributed by atoms with Crippen LogP contribution in [0.5, 0.6) is 5.88 Å². The van der Waals surface area contributed by atoms with E-state index in [-0.39, 0.29) is 25.5 Å². The molecule has 2 fully saturated rings. The SMILES string of the molecule is COCCS(=O)(=O)N1CCO[C@H](COc2nc(-c3ccc(N4CCOCC4)cc3)cc3nccnc23)C1. The number of hydrogen-bond donors (Lipinski definition) is 0. The molecule has 5 rings (SSSR count). The molecule has 2 aromatic heterocycles. The first-order chi connectivity index (χ1) is 18.0. The molecule has 0 saturated carbocycles. The van der Waals surface area contributed by atoms with E-state index in [1.54, 1.807) is 12.4 Å². The van der Waals surface area contributed by atoms with E-state index >= 15 is 0 Å². The Hall–Kier alpha value is -2.90. The van der Waals surface area contributed by atoms with Crippen LogP contribution in [0.1, 0.15) is 0 Å². The third kappa shape index (κ3) is 6.16. The smallest absolute Gasteiger partial charge is 0.242 e. The predicted molar refractivity (Wildman–Crippen MR) is 138 cm³/mol. The van der Waals surface area contributed by atoms with Crippen molar-refractivity contribution >= 4 is 26.7 Å². The van der Waals surface area contributed by atoms with Gasteiger partial charge < -0.3 is 23.8 Å². The van der Waals surface area contributed by atoms with Crippen molar-refractivity contribution < 1.29 is 27.4 Å². The first-order valence-corrected chi connectivity index (χ1v) is 13.9. The number of pyridine rings is 1. The van der Waals surface area contributed by atoms with Gasteiger partial charge in [0.25, 0.3) is 0 Å². The molecule has 1 atom stereocenters. The Morgan fingerprint density at radius 3 is 2.62 bits per heavy atom. The number of fused-ring (bicyclic) bond motifs is 1. The van der Waals surface area contributed by atoms with Gasteiger partial charge in [0.15, 0.2) is 5.52 Å². The van der Waals surface area contributed by atoms with E-state index < -0.39 is 16.1 Å². The summed E-state index contributed by atoms with van der Waals surface area (Å²) in [6.07, 6.45) is 2.79. The van der Waals surface area contributed by atoms with Crippen molar-refractivity contribution in [2.75, 3.05) is 77.0 Å². The zero-order valence-corrected chi connectivity index (χ0v) is 21.6. The molecule has 2 saturated heterocycles. The second-order valence-corrected chi connectivity index (χ2v) is 10.9. The monoisotopic (exact) mass is 529 g/mol. The van der Waals surface area contributed by atoms with Gasteiger partial charge in [0.05, 0.1) is 43.4 Å². The van der Waals surface area contributed by atoms with Crippen LogP contribution in [0.25, 0.3) is 22.3 Å². The van der Waals surface area contributed by atoms with Gasteiger partial charge in [-0.2, -0.15) is 4.31 Å². The number of sulfonamides is 1. The quantitative estimate of drug-likeness (QED) is 0.405. The number of methoxy groups -OCH3 is 1. The van der Waals surface area contributed by atoms with Crippen LogP contribution in [-0.4, -0.2) is 106 Å². The van der Waals surface area contributed by atoms with Gasteiger partial charge in [-0.15, -0.1) is 0 Å². The molecule has 4 heterocycles. The number of ether oxygens (including phenoxy) is 4. The van der Waals surface area contributed by atoms with Crippen LogP contribution < -0.4 is 9.64 Å². The molecule has 0 N–H and O–H groups in total. The van der Waals surface area contributed by atoms with Gasteiger partial charge in [0, 0.05) is 56.9 Å². The molecule has 0 amide bonds. The lowest BCUT2D eigenvalue weighted by Gasteiger charge is -2.31. The summed E-state index contributed by atoms with van der Waals surface area (Å²) in [7, 11) is -1.94. The molecule has 11 nitrogen and oxygen atoms in total. The summed E-state index contributed by atoms with van der Waals surface area (Å²) >= 11 is 0. The fraction of sp³-hybridized carbons (Fsp3) is 0.480. The van der Waals surface area contributed by atoms with Crippen LogP contribution in [0.4, 0.5) is 5.69 Å². The number of benzene rings is 1. The van der Waals surface area contributed by atoms with Crippen molar-refractivity contribution in [2.45, 2.75) is 6.10 Å². The van der Waals surface area contributed by atoms with Crippen LogP contribution in [0.3, 0.4) is 0 Å². The first-order valence-electron chi connectivity index (χ1n) is 12.3. The first kappa shape index (κ1) is 25.7. The summed E-state index contributed by atoms with van der Waals surface area (Å²) in [6, 6.07) is 10.1. The van der Waals surface area contributed by atoms with Gasteiger partial charge in [-0.05, 0) is 18.2 Å². The van der Waals surface area contributed by atoms with Gasteiger partial charge in [0.1, 0.15) is 12.7 Å². The van der Waals surface area contributed by atoms with Crippen LogP contribution in [0.15, 0.2) is 42.7 Å². The molecule has 0 bridgehead atoms. The number of morpholine rings is 2. The third-order valence-electron chi connectivity index (χ3n) is 6.41. The van der Waals surface area contributed by atoms with Crippen LogP contribution >= 0.6 is 0 Å². The summed E-state index contributed by atoms with van der Waals surface area (Å²) in [5.41, 5.74) is 3.98. The highest BCUT2D eigenvalue weighted by atomic mass is 32.2. The highest BCUT2D eigenvalue weighted by Crippen LogP contribution is 2.29. The average molecular weight is 530 g/mol. The lowest BCUT2D eigenvalue weighted by Crippen LogP contribution is -2.48. The van der Waals surface area contributed by atoms with E-state index in [1.165, 1.54) is 11.4 Å². The Labute approximate surface area is 216 Å². The van der Waals surface area contributed by atoms with Crippen molar-refractivity contribution in [1.29, 1.82) is 0 Å². The number of nitrogens with zero attached hydrogens (tertiary/aromatic N) is 5. The molecule has 0 aliphatic carbocycles. The fourth-order valence-electron chi connectivity index (χ4n) is 4.39. The molecule has 12 heteroatoms. The van der Waals surface area contributed by atoms with Crippen molar-refractivity contribution in [3.05, 3.63) is 42.7 Å². The maximum Gasteiger partial charge on any atom is 0.242 e. The van der Waals surface area contributed by atoms with Crippen LogP contribution in [0.2, 0.25) is 0 Å². The van der Waals surface area contributed by atoms with Gasteiger partial charge in [-0.3, -0.25) is 4.98 Å². The number of rotatable bonds is 9. The van der Waals surface area contributed by atoms with Gasteiger partial charge >= 0.3 is 0 Å². The van der Waals surface area contributed by atoms with Crippen molar-refractivity contribution in [1.82, 2.24) is 19.3 Å². The molecule has 2 aliphatic heterocycles. The summed E-state index contributed by atoms with van der Waals surface area (Å²) in [5, 5.41) is 0. The third-order valence-corrected chi connectivity index (χ3v) is 8.21. The molecule has 1 aromatic carbocycles. The average Bonchev–Trinajstić information content (AvgIpc) is 2.95. The summed E-state index contributed by atoms with van der Waals surface area (Å²) in [6.45, 7) is 4.30. The van der Waals surface area contributed by atoms with Crippen molar-refractivity contribution in [3.63, 3.8) is 0 Å². The van der Waals surface area contributed by atoms with Crippen molar-refractivity contribution in [2.24, 2.45) is 0 Å². The highest BCUT2D eigenvalue weighted by molar-refractivity contribution is 7.89. The Kier molecular flexibility index (Phi) is 8.11. The minimum atomic E-state index is -3.43. The lowest BCUT2D eigenvalue weighted by atomic mass is 10.1. The van der Waals surface area contributed by atoms with E-state index in [0.717, 1.165) is 37.6 Å². The zero-order chi connectivity index (χ0) is 25.7. The minimum Gasteiger partial charge on any atom is -0.473 e. The van der Waals surface area contributed by atoms with Crippen LogP contribution in [0, 0.1) is 0 Å². The van der Waals surface area contributed by atoms with Gasteiger partial charge in [-0.25, -0.2) is 18.4 Å². The highest BCUT2D eigenvalue weighted by Gasteiger charge is 2.30. The molecule has 198 valence electrons. The Bertz CT molecular complexity index is 1300. The molecule has 0 radical (unpaired) electrons. The Morgan fingerprint density at radius 1 is 1.05 bits per heavy atom. The summed E-state index contributed by atoms with van der Waals surface area (Å²) in [5.74, 6) is 0.270. The maximum absolute atomic E-state index is 12.6. The van der Waals surface area contributed by atoms with E-state index in [2.05, 4.69) is 27.0 Å². The topological polar surface area (TPSA) is 116 Å². The second-order valence-electron chi connectivity index (χ2n) is 8.85. The summed E-state index contributed by atoms with van der Waals surface area (Å²) in [4.78, 5) is 15.9. The van der Waals surface area contributed by atoms with E-state index in [1.807, 2.05) is 18.2 Å². The lowest BCUT2D eigenvalue weighted by molar-refractivity contribution is -0.0255. The number of aromatic nitrogens is 3. The fourth-order valence-corrected chi connectivity index (χ4v) is 5.77. The number of hydrogen-bond acceptors (Lipinski definition) is 10. The largest absolute Gasteiger partial charge is 0.473 e. The van der Waals surface area contributed by atoms with E-state index in [9.17, 15) is 8.42 Å². The Morgan fingerprint density at radius 2 is 1.84 bits per heavy atom. The Balaban J connectivity index is 1.33. The second kappa shape index (κ2) is 11.7. The van der Waals surface area contributed by atoms with Gasteiger partial charge in [-0.1, -0.05) is 12.1 Å². The van der Waals surface area contributed by atoms with Gasteiger partial charge in [0.2, 0.25) is 15.9 Å². The molecule has 2 aliphatic rings. The molecule has 0 unspecified atom stereocenters. The van der Waals surface area contributed by atoms with E-state index in [0.29, 0.717) is 35.8 Å². The zero-order valence-electron chi connectivity index (χ0n) is 20.8. The van der Waals surface area contributed by atoms with Crippen LogP contribution in [-0.2, 0) is 24.2 Å². The van der Waals surface area contributed by atoms with Crippen molar-refractivity contribution in [3.8, 4) is 17.1 Å². The van der Waals surface area contributed by atoms with E-state index in [4.69, 9.17) is 23.9 Å². The minimum absolute atomic E-state index is 0.0643. The maximum atomic E-state index is 12.6. The summed E-state index contributed by atoms with van der Waals surface area (Å²) < 4.78 is 48.8. The molecule has 3 aromatic rings. The molecular weight excluding hydrogens is 498 g/mol. The normalized spacial score (nSPS) is 19.3. The molecular formula is C25H31N5O6S. The predicted octanol–water partition coefficient (Wildman–Crippen LogP) is 1.58. The number of anilines is 1.